The van der Waals surface area contributed by atoms with Gasteiger partial charge in [0, 0.05) is 0 Å². The molecular weight excluding hydrogens is 260 g/mol. The van der Waals surface area contributed by atoms with E-state index in [9.17, 15) is 0 Å². The van der Waals surface area contributed by atoms with E-state index in [0.717, 1.165) is 6.42 Å². The minimum atomic E-state index is -0.759. The van der Waals surface area contributed by atoms with Crippen LogP contribution in [0.3, 0.4) is 0 Å². The van der Waals surface area contributed by atoms with E-state index >= 15 is 0 Å². The zero-order chi connectivity index (χ0) is 15.4. The van der Waals surface area contributed by atoms with Crippen molar-refractivity contribution in [2.75, 3.05) is 19.8 Å². The van der Waals surface area contributed by atoms with Gasteiger partial charge in [0.15, 0.2) is 0 Å². The van der Waals surface area contributed by atoms with Gasteiger partial charge in [0.2, 0.25) is 0 Å². The Morgan fingerprint density at radius 3 is 2.00 bits per heavy atom. The maximum atomic E-state index is 8.98. The topological polar surface area (TPSA) is 90.2 Å². The van der Waals surface area contributed by atoms with Crippen LogP contribution in [0.25, 0.3) is 0 Å². The van der Waals surface area contributed by atoms with Crippen molar-refractivity contribution in [1.29, 1.82) is 0 Å². The summed E-state index contributed by atoms with van der Waals surface area (Å²) in [5.74, 6) is 0. The van der Waals surface area contributed by atoms with Gasteiger partial charge < -0.3 is 25.2 Å². The summed E-state index contributed by atoms with van der Waals surface area (Å²) in [4.78, 5) is 0. The van der Waals surface area contributed by atoms with E-state index in [4.69, 9.17) is 25.2 Å². The summed E-state index contributed by atoms with van der Waals surface area (Å²) in [5.41, 5.74) is 1.21. The summed E-state index contributed by atoms with van der Waals surface area (Å²) >= 11 is 0. The second kappa shape index (κ2) is 11.8. The lowest BCUT2D eigenvalue weighted by Gasteiger charge is -2.07. The summed E-state index contributed by atoms with van der Waals surface area (Å²) in [6, 6.07) is 10.0. The maximum absolute atomic E-state index is 8.98. The zero-order valence-electron chi connectivity index (χ0n) is 12.1. The van der Waals surface area contributed by atoms with Crippen LogP contribution in [0.2, 0.25) is 0 Å². The Labute approximate surface area is 120 Å². The van der Waals surface area contributed by atoms with Crippen LogP contribution >= 0.6 is 0 Å². The van der Waals surface area contributed by atoms with Crippen LogP contribution in [0.4, 0.5) is 0 Å². The molecule has 0 saturated heterocycles. The predicted octanol–water partition coefficient (Wildman–Crippen LogP) is 0.347. The summed E-state index contributed by atoms with van der Waals surface area (Å²) in [6.07, 6.45) is -1.11. The van der Waals surface area contributed by atoms with E-state index in [-0.39, 0.29) is 13.2 Å². The maximum Gasteiger partial charge on any atom is 0.100 e. The van der Waals surface area contributed by atoms with E-state index < -0.39 is 18.3 Å². The molecule has 0 aliphatic heterocycles. The van der Waals surface area contributed by atoms with Crippen LogP contribution in [-0.4, -0.2) is 58.6 Å². The van der Waals surface area contributed by atoms with Gasteiger partial charge in [0.25, 0.3) is 0 Å². The molecule has 0 fully saturated rings. The molecule has 0 aromatic heterocycles. The van der Waals surface area contributed by atoms with Gasteiger partial charge in [0.1, 0.15) is 6.10 Å². The summed E-state index contributed by atoms with van der Waals surface area (Å²) < 4.78 is 5.18. The number of hydrogen-bond acceptors (Lipinski definition) is 5. The first-order chi connectivity index (χ1) is 9.47. The number of aliphatic hydroxyl groups is 4. The average molecular weight is 286 g/mol. The normalized spacial score (nSPS) is 14.9. The van der Waals surface area contributed by atoms with E-state index in [0.29, 0.717) is 6.61 Å². The molecule has 0 spiro atoms. The molecule has 0 saturated carbocycles. The van der Waals surface area contributed by atoms with Crippen molar-refractivity contribution in [1.82, 2.24) is 0 Å². The molecule has 0 bridgehead atoms. The molecule has 116 valence electrons. The van der Waals surface area contributed by atoms with E-state index in [1.807, 2.05) is 30.3 Å². The third-order valence-corrected chi connectivity index (χ3v) is 2.60. The Bertz CT molecular complexity index is 307. The number of benzene rings is 1. The summed E-state index contributed by atoms with van der Waals surface area (Å²) in [7, 11) is 0. The highest BCUT2D eigenvalue weighted by Gasteiger charge is 2.01. The second-order valence-electron chi connectivity index (χ2n) is 4.63. The smallest absolute Gasteiger partial charge is 0.100 e. The average Bonchev–Trinajstić information content (AvgIpc) is 2.45. The highest BCUT2D eigenvalue weighted by molar-refractivity contribution is 5.14. The molecule has 1 aromatic rings. The fourth-order valence-corrected chi connectivity index (χ4v) is 1.11. The number of rotatable bonds is 7. The van der Waals surface area contributed by atoms with E-state index in [1.54, 1.807) is 13.8 Å². The third kappa shape index (κ3) is 10.9. The van der Waals surface area contributed by atoms with Gasteiger partial charge in [-0.15, -0.1) is 0 Å². The molecule has 0 amide bonds. The minimum absolute atomic E-state index is 0.198. The van der Waals surface area contributed by atoms with E-state index in [2.05, 4.69) is 0 Å². The molecule has 5 heteroatoms. The Morgan fingerprint density at radius 1 is 1.00 bits per heavy atom. The molecule has 0 radical (unpaired) electrons. The molecule has 1 aromatic carbocycles. The fraction of sp³-hybridized carbons (Fsp3) is 0.600. The molecular formula is C15H26O5. The molecule has 3 atom stereocenters. The van der Waals surface area contributed by atoms with Crippen molar-refractivity contribution in [3.63, 3.8) is 0 Å². The van der Waals surface area contributed by atoms with Crippen molar-refractivity contribution in [2.24, 2.45) is 0 Å². The van der Waals surface area contributed by atoms with Crippen molar-refractivity contribution >= 4 is 0 Å². The third-order valence-electron chi connectivity index (χ3n) is 2.60. The molecule has 0 aliphatic carbocycles. The van der Waals surface area contributed by atoms with Gasteiger partial charge in [0.05, 0.1) is 32.0 Å². The van der Waals surface area contributed by atoms with Crippen LogP contribution in [0.15, 0.2) is 30.3 Å². The number of hydrogen-bond donors (Lipinski definition) is 4. The molecule has 0 heterocycles. The number of ether oxygens (including phenoxy) is 1. The largest absolute Gasteiger partial charge is 0.394 e. The monoisotopic (exact) mass is 286 g/mol. The Kier molecular flexibility index (Phi) is 11.2. The molecule has 5 nitrogen and oxygen atoms in total. The lowest BCUT2D eigenvalue weighted by Crippen LogP contribution is -2.20. The molecule has 20 heavy (non-hydrogen) atoms. The van der Waals surface area contributed by atoms with Crippen LogP contribution in [0.5, 0.6) is 0 Å². The van der Waals surface area contributed by atoms with Crippen LogP contribution in [-0.2, 0) is 11.2 Å². The van der Waals surface area contributed by atoms with Crippen LogP contribution in [0.1, 0.15) is 19.4 Å². The first-order valence-electron chi connectivity index (χ1n) is 6.74. The van der Waals surface area contributed by atoms with Gasteiger partial charge in [-0.2, -0.15) is 0 Å². The Hall–Kier alpha value is -0.980. The molecule has 3 unspecified atom stereocenters. The van der Waals surface area contributed by atoms with Crippen molar-refractivity contribution < 1.29 is 25.2 Å². The quantitative estimate of drug-likeness (QED) is 0.543. The Morgan fingerprint density at radius 2 is 1.55 bits per heavy atom. The molecule has 1 rings (SSSR count). The first-order valence-corrected chi connectivity index (χ1v) is 6.74. The summed E-state index contributed by atoms with van der Waals surface area (Å²) in [6.45, 7) is 3.62. The van der Waals surface area contributed by atoms with Crippen LogP contribution in [0, 0.1) is 0 Å². The highest BCUT2D eigenvalue weighted by Crippen LogP contribution is 1.99. The predicted molar refractivity (Wildman–Crippen MR) is 77.4 cm³/mol. The number of aliphatic hydroxyl groups excluding tert-OH is 4. The van der Waals surface area contributed by atoms with Gasteiger partial charge >= 0.3 is 0 Å². The lowest BCUT2D eigenvalue weighted by molar-refractivity contribution is 0.00723. The van der Waals surface area contributed by atoms with Crippen molar-refractivity contribution in [2.45, 2.75) is 38.6 Å². The van der Waals surface area contributed by atoms with Gasteiger partial charge in [-0.3, -0.25) is 0 Å². The van der Waals surface area contributed by atoms with E-state index in [1.165, 1.54) is 5.56 Å². The standard InChI is InChI=1S/C11H16O3.C4H10O2/c12-8-11(13)9-14-7-6-10-4-2-1-3-5-10;1-3(5)4(2)6/h1-5,11-13H,6-9H2;3-6H,1-2H3. The van der Waals surface area contributed by atoms with Gasteiger partial charge in [-0.05, 0) is 25.8 Å². The Balaban J connectivity index is 0.000000511. The van der Waals surface area contributed by atoms with Gasteiger partial charge in [-0.1, -0.05) is 30.3 Å². The lowest BCUT2D eigenvalue weighted by atomic mass is 10.2. The fourth-order valence-electron chi connectivity index (χ4n) is 1.11. The van der Waals surface area contributed by atoms with Crippen molar-refractivity contribution in [3.05, 3.63) is 35.9 Å². The highest BCUT2D eigenvalue weighted by atomic mass is 16.5. The molecule has 0 aliphatic rings. The summed E-state index contributed by atoms with van der Waals surface area (Å²) in [5, 5.41) is 34.3. The molecule has 4 N–H and O–H groups in total. The first kappa shape index (κ1) is 19.0. The minimum Gasteiger partial charge on any atom is -0.394 e. The zero-order valence-corrected chi connectivity index (χ0v) is 12.1. The van der Waals surface area contributed by atoms with Gasteiger partial charge in [-0.25, -0.2) is 0 Å². The second-order valence-corrected chi connectivity index (χ2v) is 4.63. The SMILES string of the molecule is CC(O)C(C)O.OCC(O)COCCc1ccccc1. The van der Waals surface area contributed by atoms with Crippen molar-refractivity contribution in [3.8, 4) is 0 Å². The van der Waals surface area contributed by atoms with Crippen LogP contribution < -0.4 is 0 Å².